The van der Waals surface area contributed by atoms with E-state index in [1.807, 2.05) is 0 Å². The number of hydrogen-bond donors (Lipinski definition) is 1. The van der Waals surface area contributed by atoms with Crippen molar-refractivity contribution in [3.63, 3.8) is 0 Å². The molecule has 0 radical (unpaired) electrons. The lowest BCUT2D eigenvalue weighted by atomic mass is 10.0. The fourth-order valence-electron chi connectivity index (χ4n) is 1.53. The summed E-state index contributed by atoms with van der Waals surface area (Å²) in [5, 5.41) is 9.57. The molecule has 1 rings (SSSR count). The Labute approximate surface area is 78.8 Å². The molecule has 0 aromatic rings. The van der Waals surface area contributed by atoms with Crippen molar-refractivity contribution in [2.75, 3.05) is 20.8 Å². The van der Waals surface area contributed by atoms with Gasteiger partial charge in [0.05, 0.1) is 12.2 Å². The fraction of sp³-hybridized carbons (Fsp3) is 1.00. The first-order chi connectivity index (χ1) is 6.27. The van der Waals surface area contributed by atoms with Crippen molar-refractivity contribution < 1.29 is 19.3 Å². The van der Waals surface area contributed by atoms with Crippen molar-refractivity contribution in [1.82, 2.24) is 0 Å². The van der Waals surface area contributed by atoms with Crippen LogP contribution in [0.4, 0.5) is 0 Å². The number of aliphatic hydroxyl groups excluding tert-OH is 1. The Morgan fingerprint density at radius 3 is 2.69 bits per heavy atom. The van der Waals surface area contributed by atoms with Crippen molar-refractivity contribution in [1.29, 1.82) is 0 Å². The van der Waals surface area contributed by atoms with Crippen LogP contribution in [-0.4, -0.2) is 44.4 Å². The maximum atomic E-state index is 9.57. The molecule has 0 spiro atoms. The molecule has 1 saturated heterocycles. The first kappa shape index (κ1) is 10.9. The number of rotatable bonds is 4. The third-order valence-electron chi connectivity index (χ3n) is 2.36. The summed E-state index contributed by atoms with van der Waals surface area (Å²) >= 11 is 0. The van der Waals surface area contributed by atoms with E-state index in [9.17, 15) is 5.11 Å². The molecule has 0 unspecified atom stereocenters. The number of ether oxygens (including phenoxy) is 3. The highest BCUT2D eigenvalue weighted by Gasteiger charge is 2.26. The van der Waals surface area contributed by atoms with Crippen LogP contribution in [0.2, 0.25) is 0 Å². The average molecular weight is 190 g/mol. The first-order valence-electron chi connectivity index (χ1n) is 4.63. The van der Waals surface area contributed by atoms with E-state index in [1.54, 1.807) is 14.2 Å². The first-order valence-corrected chi connectivity index (χ1v) is 4.63. The normalized spacial score (nSPS) is 29.5. The zero-order valence-corrected chi connectivity index (χ0v) is 8.23. The van der Waals surface area contributed by atoms with Crippen LogP contribution >= 0.6 is 0 Å². The van der Waals surface area contributed by atoms with Crippen LogP contribution < -0.4 is 0 Å². The minimum atomic E-state index is -0.374. The van der Waals surface area contributed by atoms with Gasteiger partial charge in [-0.25, -0.2) is 0 Å². The Bertz CT molecular complexity index is 136. The van der Waals surface area contributed by atoms with E-state index in [2.05, 4.69) is 0 Å². The topological polar surface area (TPSA) is 47.9 Å². The van der Waals surface area contributed by atoms with Crippen LogP contribution in [-0.2, 0) is 14.2 Å². The molecule has 1 fully saturated rings. The van der Waals surface area contributed by atoms with E-state index in [1.165, 1.54) is 0 Å². The number of methoxy groups -OCH3 is 2. The lowest BCUT2D eigenvalue weighted by Crippen LogP contribution is -2.37. The van der Waals surface area contributed by atoms with Gasteiger partial charge in [-0.2, -0.15) is 0 Å². The molecule has 4 nitrogen and oxygen atoms in total. The number of hydrogen-bond acceptors (Lipinski definition) is 4. The van der Waals surface area contributed by atoms with Crippen molar-refractivity contribution in [3.05, 3.63) is 0 Å². The third kappa shape index (κ3) is 3.23. The molecule has 13 heavy (non-hydrogen) atoms. The molecule has 2 atom stereocenters. The molecule has 0 aliphatic carbocycles. The predicted octanol–water partition coefficient (Wildman–Crippen LogP) is 0.535. The maximum absolute atomic E-state index is 9.57. The standard InChI is InChI=1S/C9H18O4/c1-11-9(12-2)6-8-7(10)4-3-5-13-8/h7-10H,3-6H2,1-2H3/t7-,8+/m1/s1. The van der Waals surface area contributed by atoms with Crippen LogP contribution in [0.3, 0.4) is 0 Å². The summed E-state index contributed by atoms with van der Waals surface area (Å²) in [6.45, 7) is 0.724. The van der Waals surface area contributed by atoms with Crippen LogP contribution in [0.5, 0.6) is 0 Å². The summed E-state index contributed by atoms with van der Waals surface area (Å²) in [6, 6.07) is 0. The van der Waals surface area contributed by atoms with Gasteiger partial charge in [-0.05, 0) is 12.8 Å². The molecule has 0 saturated carbocycles. The second-order valence-electron chi connectivity index (χ2n) is 3.26. The van der Waals surface area contributed by atoms with Crippen molar-refractivity contribution in [3.8, 4) is 0 Å². The molecule has 0 bridgehead atoms. The van der Waals surface area contributed by atoms with E-state index < -0.39 is 0 Å². The monoisotopic (exact) mass is 190 g/mol. The Morgan fingerprint density at radius 1 is 1.46 bits per heavy atom. The molecule has 78 valence electrons. The summed E-state index contributed by atoms with van der Waals surface area (Å²) in [5.74, 6) is 0. The van der Waals surface area contributed by atoms with Gasteiger partial charge in [0.1, 0.15) is 0 Å². The number of aliphatic hydroxyl groups is 1. The molecule has 0 aromatic carbocycles. The molecule has 4 heteroatoms. The lowest BCUT2D eigenvalue weighted by Gasteiger charge is -2.29. The minimum Gasteiger partial charge on any atom is -0.390 e. The second kappa shape index (κ2) is 5.54. The van der Waals surface area contributed by atoms with Gasteiger partial charge in [-0.1, -0.05) is 0 Å². The molecular formula is C9H18O4. The van der Waals surface area contributed by atoms with E-state index in [0.717, 1.165) is 19.4 Å². The van der Waals surface area contributed by atoms with Crippen LogP contribution in [0.25, 0.3) is 0 Å². The van der Waals surface area contributed by atoms with Crippen LogP contribution in [0, 0.1) is 0 Å². The molecular weight excluding hydrogens is 172 g/mol. The highest BCUT2D eigenvalue weighted by atomic mass is 16.7. The Kier molecular flexibility index (Phi) is 4.66. The summed E-state index contributed by atoms with van der Waals surface area (Å²) < 4.78 is 15.5. The van der Waals surface area contributed by atoms with Crippen LogP contribution in [0.15, 0.2) is 0 Å². The zero-order valence-electron chi connectivity index (χ0n) is 8.23. The maximum Gasteiger partial charge on any atom is 0.159 e. The van der Waals surface area contributed by atoms with E-state index >= 15 is 0 Å². The van der Waals surface area contributed by atoms with Gasteiger partial charge in [-0.15, -0.1) is 0 Å². The van der Waals surface area contributed by atoms with Gasteiger partial charge >= 0.3 is 0 Å². The average Bonchev–Trinajstić information content (AvgIpc) is 2.17. The van der Waals surface area contributed by atoms with Gasteiger partial charge in [0.25, 0.3) is 0 Å². The second-order valence-corrected chi connectivity index (χ2v) is 3.26. The van der Waals surface area contributed by atoms with Crippen molar-refractivity contribution in [2.24, 2.45) is 0 Å². The third-order valence-corrected chi connectivity index (χ3v) is 2.36. The fourth-order valence-corrected chi connectivity index (χ4v) is 1.53. The van der Waals surface area contributed by atoms with E-state index in [-0.39, 0.29) is 18.5 Å². The molecule has 0 amide bonds. The molecule has 1 N–H and O–H groups in total. The lowest BCUT2D eigenvalue weighted by molar-refractivity contribution is -0.156. The van der Waals surface area contributed by atoms with Gasteiger partial charge in [0.2, 0.25) is 0 Å². The quantitative estimate of drug-likeness (QED) is 0.657. The van der Waals surface area contributed by atoms with E-state index in [4.69, 9.17) is 14.2 Å². The summed E-state index contributed by atoms with van der Waals surface area (Å²) in [5.41, 5.74) is 0. The summed E-state index contributed by atoms with van der Waals surface area (Å²) in [7, 11) is 3.17. The van der Waals surface area contributed by atoms with Crippen molar-refractivity contribution in [2.45, 2.75) is 37.8 Å². The highest BCUT2D eigenvalue weighted by Crippen LogP contribution is 2.18. The van der Waals surface area contributed by atoms with Crippen LogP contribution in [0.1, 0.15) is 19.3 Å². The van der Waals surface area contributed by atoms with E-state index in [0.29, 0.717) is 6.42 Å². The van der Waals surface area contributed by atoms with Gasteiger partial charge in [-0.3, -0.25) is 0 Å². The van der Waals surface area contributed by atoms with Gasteiger partial charge < -0.3 is 19.3 Å². The summed E-state index contributed by atoms with van der Waals surface area (Å²) in [4.78, 5) is 0. The van der Waals surface area contributed by atoms with Gasteiger partial charge in [0, 0.05) is 27.2 Å². The minimum absolute atomic E-state index is 0.140. The summed E-state index contributed by atoms with van der Waals surface area (Å²) in [6.07, 6.45) is 1.54. The molecule has 0 aromatic heterocycles. The van der Waals surface area contributed by atoms with Gasteiger partial charge in [0.15, 0.2) is 6.29 Å². The molecule has 1 aliphatic rings. The smallest absolute Gasteiger partial charge is 0.159 e. The Balaban J connectivity index is 2.32. The molecule has 1 aliphatic heterocycles. The highest BCUT2D eigenvalue weighted by molar-refractivity contribution is 4.74. The Morgan fingerprint density at radius 2 is 2.15 bits per heavy atom. The zero-order chi connectivity index (χ0) is 9.68. The molecule has 1 heterocycles. The van der Waals surface area contributed by atoms with Crippen molar-refractivity contribution >= 4 is 0 Å². The largest absolute Gasteiger partial charge is 0.390 e. The SMILES string of the molecule is COC(C[C@@H]1OCCC[C@H]1O)OC. The predicted molar refractivity (Wildman–Crippen MR) is 47.4 cm³/mol. The Hall–Kier alpha value is -0.160.